The molecule has 3 heteroatoms. The molecule has 0 heterocycles. The van der Waals surface area contributed by atoms with Crippen LogP contribution in [0.1, 0.15) is 27.2 Å². The van der Waals surface area contributed by atoms with E-state index in [0.717, 1.165) is 0 Å². The van der Waals surface area contributed by atoms with Crippen LogP contribution in [0.5, 0.6) is 0 Å². The summed E-state index contributed by atoms with van der Waals surface area (Å²) in [5.41, 5.74) is 0. The molecule has 0 N–H and O–H groups in total. The fourth-order valence-electron chi connectivity index (χ4n) is 0.351. The first kappa shape index (κ1) is 11.6. The smallest absolute Gasteiger partial charge is 0.137 e. The number of ketones is 2. The number of carbonyl (C=O) groups is 2. The van der Waals surface area contributed by atoms with Crippen molar-refractivity contribution in [1.82, 2.24) is 0 Å². The standard InChI is InChI=1S/C5H8O2.C2H3N/c1-4(6)3-5(2)7;1-2-3/h3H2,1-2H3;1H3. The van der Waals surface area contributed by atoms with Crippen molar-refractivity contribution in [2.75, 3.05) is 0 Å². The molecule has 0 aromatic carbocycles. The zero-order valence-corrected chi connectivity index (χ0v) is 6.47. The second kappa shape index (κ2) is 7.83. The summed E-state index contributed by atoms with van der Waals surface area (Å²) in [6.07, 6.45) is 0.0833. The summed E-state index contributed by atoms with van der Waals surface area (Å²) in [6, 6.07) is 1.75. The van der Waals surface area contributed by atoms with Crippen LogP contribution in [-0.2, 0) is 9.59 Å². The number of carbonyl (C=O) groups excluding carboxylic acids is 2. The molecule has 10 heavy (non-hydrogen) atoms. The quantitative estimate of drug-likeness (QED) is 0.541. The summed E-state index contributed by atoms with van der Waals surface area (Å²) < 4.78 is 0. The van der Waals surface area contributed by atoms with Gasteiger partial charge in [0.1, 0.15) is 11.6 Å². The van der Waals surface area contributed by atoms with Gasteiger partial charge in [0.2, 0.25) is 0 Å². The van der Waals surface area contributed by atoms with Gasteiger partial charge in [0, 0.05) is 6.92 Å². The van der Waals surface area contributed by atoms with Crippen molar-refractivity contribution in [3.05, 3.63) is 0 Å². The van der Waals surface area contributed by atoms with E-state index in [1.165, 1.54) is 20.8 Å². The largest absolute Gasteiger partial charge is 0.300 e. The predicted octanol–water partition coefficient (Wildman–Crippen LogP) is 1.08. The Morgan fingerprint density at radius 1 is 1.30 bits per heavy atom. The number of nitriles is 1. The molecular formula is C7H11NO2. The maximum Gasteiger partial charge on any atom is 0.137 e. The summed E-state index contributed by atoms with van der Waals surface area (Å²) in [7, 11) is 0. The van der Waals surface area contributed by atoms with Gasteiger partial charge in [0.05, 0.1) is 12.5 Å². The van der Waals surface area contributed by atoms with Crippen molar-refractivity contribution in [2.24, 2.45) is 0 Å². The summed E-state index contributed by atoms with van der Waals surface area (Å²) in [5, 5.41) is 7.32. The van der Waals surface area contributed by atoms with Gasteiger partial charge in [-0.15, -0.1) is 0 Å². The normalized spacial score (nSPS) is 6.60. The lowest BCUT2D eigenvalue weighted by atomic mass is 10.2. The van der Waals surface area contributed by atoms with Crippen LogP contribution in [0, 0.1) is 11.3 Å². The van der Waals surface area contributed by atoms with Gasteiger partial charge in [0.15, 0.2) is 0 Å². The Balaban J connectivity index is 0. The SMILES string of the molecule is CC#N.CC(=O)CC(C)=O. The zero-order valence-electron chi connectivity index (χ0n) is 6.47. The predicted molar refractivity (Wildman–Crippen MR) is 37.3 cm³/mol. The zero-order chi connectivity index (χ0) is 8.57. The lowest BCUT2D eigenvalue weighted by Crippen LogP contribution is -1.97. The molecule has 0 aliphatic rings. The van der Waals surface area contributed by atoms with Crippen LogP contribution in [0.25, 0.3) is 0 Å². The minimum Gasteiger partial charge on any atom is -0.300 e. The molecule has 0 bridgehead atoms. The van der Waals surface area contributed by atoms with E-state index in [9.17, 15) is 9.59 Å². The average Bonchev–Trinajstić information content (AvgIpc) is 1.62. The second-order valence-corrected chi connectivity index (χ2v) is 1.80. The summed E-state index contributed by atoms with van der Waals surface area (Å²) in [5.74, 6) is -0.125. The molecule has 0 aliphatic heterocycles. The molecule has 0 aliphatic carbocycles. The molecule has 0 saturated heterocycles. The molecule has 56 valence electrons. The molecule has 0 aromatic rings. The molecule has 0 fully saturated rings. The van der Waals surface area contributed by atoms with Crippen LogP contribution in [0.4, 0.5) is 0 Å². The van der Waals surface area contributed by atoms with E-state index in [2.05, 4.69) is 0 Å². The van der Waals surface area contributed by atoms with Crippen LogP contribution in [0.3, 0.4) is 0 Å². The second-order valence-electron chi connectivity index (χ2n) is 1.80. The Hall–Kier alpha value is -1.17. The highest BCUT2D eigenvalue weighted by Gasteiger charge is 1.94. The van der Waals surface area contributed by atoms with Crippen LogP contribution in [0.2, 0.25) is 0 Å². The first-order valence-electron chi connectivity index (χ1n) is 2.84. The Morgan fingerprint density at radius 3 is 1.50 bits per heavy atom. The minimum absolute atomic E-state index is 0.0625. The Bertz CT molecular complexity index is 143. The van der Waals surface area contributed by atoms with Crippen LogP contribution in [-0.4, -0.2) is 11.6 Å². The maximum atomic E-state index is 10.0. The first-order valence-corrected chi connectivity index (χ1v) is 2.84. The fourth-order valence-corrected chi connectivity index (χ4v) is 0.351. The maximum absolute atomic E-state index is 10.0. The lowest BCUT2D eigenvalue weighted by molar-refractivity contribution is -0.124. The first-order chi connectivity index (χ1) is 4.54. The van der Waals surface area contributed by atoms with E-state index in [1.54, 1.807) is 6.07 Å². The molecule has 0 atom stereocenters. The lowest BCUT2D eigenvalue weighted by Gasteiger charge is -1.81. The van der Waals surface area contributed by atoms with Gasteiger partial charge < -0.3 is 0 Å². The number of Topliss-reactive ketones (excluding diaryl/α,β-unsaturated/α-hetero) is 2. The summed E-state index contributed by atoms with van der Waals surface area (Å²) >= 11 is 0. The fraction of sp³-hybridized carbons (Fsp3) is 0.571. The van der Waals surface area contributed by atoms with Crippen molar-refractivity contribution in [3.8, 4) is 6.07 Å². The molecule has 0 aromatic heterocycles. The van der Waals surface area contributed by atoms with E-state index in [0.29, 0.717) is 0 Å². The van der Waals surface area contributed by atoms with E-state index in [1.807, 2.05) is 0 Å². The van der Waals surface area contributed by atoms with Crippen molar-refractivity contribution in [2.45, 2.75) is 27.2 Å². The summed E-state index contributed by atoms with van der Waals surface area (Å²) in [4.78, 5) is 20.1. The highest BCUT2D eigenvalue weighted by atomic mass is 16.1. The van der Waals surface area contributed by atoms with Crippen molar-refractivity contribution < 1.29 is 9.59 Å². The van der Waals surface area contributed by atoms with E-state index < -0.39 is 0 Å². The molecule has 3 nitrogen and oxygen atoms in total. The van der Waals surface area contributed by atoms with Crippen molar-refractivity contribution in [3.63, 3.8) is 0 Å². The van der Waals surface area contributed by atoms with Crippen LogP contribution < -0.4 is 0 Å². The highest BCUT2D eigenvalue weighted by molar-refractivity contribution is 5.96. The van der Waals surface area contributed by atoms with Crippen molar-refractivity contribution in [1.29, 1.82) is 5.26 Å². The molecule has 0 unspecified atom stereocenters. The van der Waals surface area contributed by atoms with E-state index in [4.69, 9.17) is 5.26 Å². The van der Waals surface area contributed by atoms with E-state index in [-0.39, 0.29) is 18.0 Å². The molecule has 0 saturated carbocycles. The summed E-state index contributed by atoms with van der Waals surface area (Å²) in [6.45, 7) is 4.24. The average molecular weight is 141 g/mol. The Morgan fingerprint density at radius 2 is 1.50 bits per heavy atom. The monoisotopic (exact) mass is 141 g/mol. The molecule has 0 radical (unpaired) electrons. The minimum atomic E-state index is -0.0625. The third kappa shape index (κ3) is 29.0. The van der Waals surface area contributed by atoms with Crippen LogP contribution in [0.15, 0.2) is 0 Å². The topological polar surface area (TPSA) is 57.9 Å². The molecule has 0 rings (SSSR count). The van der Waals surface area contributed by atoms with Gasteiger partial charge >= 0.3 is 0 Å². The molecule has 0 amide bonds. The van der Waals surface area contributed by atoms with Gasteiger partial charge in [0.25, 0.3) is 0 Å². The van der Waals surface area contributed by atoms with Crippen LogP contribution >= 0.6 is 0 Å². The van der Waals surface area contributed by atoms with Crippen molar-refractivity contribution >= 4 is 11.6 Å². The van der Waals surface area contributed by atoms with E-state index >= 15 is 0 Å². The van der Waals surface area contributed by atoms with Gasteiger partial charge in [-0.05, 0) is 13.8 Å². The number of hydrogen-bond donors (Lipinski definition) is 0. The molecular weight excluding hydrogens is 130 g/mol. The van der Waals surface area contributed by atoms with Gasteiger partial charge in [-0.25, -0.2) is 0 Å². The third-order valence-electron chi connectivity index (χ3n) is 0.498. The Kier molecular flexibility index (Phi) is 9.09. The van der Waals surface area contributed by atoms with Gasteiger partial charge in [-0.1, -0.05) is 0 Å². The third-order valence-corrected chi connectivity index (χ3v) is 0.498. The van der Waals surface area contributed by atoms with Gasteiger partial charge in [-0.3, -0.25) is 9.59 Å². The number of nitrogens with zero attached hydrogens (tertiary/aromatic N) is 1. The Labute approximate surface area is 60.7 Å². The number of hydrogen-bond acceptors (Lipinski definition) is 3. The number of rotatable bonds is 2. The highest BCUT2D eigenvalue weighted by Crippen LogP contribution is 1.80. The van der Waals surface area contributed by atoms with Gasteiger partial charge in [-0.2, -0.15) is 5.26 Å². The molecule has 0 spiro atoms.